The number of aliphatic hydroxyl groups is 1. The molecule has 0 spiro atoms. The molecule has 1 aromatic rings. The van der Waals surface area contributed by atoms with Crippen molar-refractivity contribution in [2.24, 2.45) is 5.92 Å². The van der Waals surface area contributed by atoms with Crippen molar-refractivity contribution in [3.8, 4) is 0 Å². The molecule has 1 aliphatic carbocycles. The summed E-state index contributed by atoms with van der Waals surface area (Å²) in [5.41, 5.74) is 0.489. The van der Waals surface area contributed by atoms with Crippen molar-refractivity contribution >= 4 is 11.7 Å². The van der Waals surface area contributed by atoms with Crippen molar-refractivity contribution in [1.29, 1.82) is 0 Å². The largest absolute Gasteiger partial charge is 0.389 e. The fourth-order valence-corrected chi connectivity index (χ4v) is 1.63. The van der Waals surface area contributed by atoms with Gasteiger partial charge in [-0.2, -0.15) is 0 Å². The van der Waals surface area contributed by atoms with E-state index in [1.54, 1.807) is 0 Å². The number of benzene rings is 1. The number of halogens is 1. The van der Waals surface area contributed by atoms with E-state index in [9.17, 15) is 14.3 Å². The maximum Gasteiger partial charge on any atom is 0.319 e. The molecular formula is C14H19FN2O3. The van der Waals surface area contributed by atoms with Gasteiger partial charge in [0.1, 0.15) is 5.82 Å². The zero-order valence-electron chi connectivity index (χ0n) is 11.1. The van der Waals surface area contributed by atoms with Crippen LogP contribution in [0.15, 0.2) is 24.3 Å². The molecule has 110 valence electrons. The molecule has 1 fully saturated rings. The summed E-state index contributed by atoms with van der Waals surface area (Å²) >= 11 is 0. The molecule has 3 N–H and O–H groups in total. The summed E-state index contributed by atoms with van der Waals surface area (Å²) < 4.78 is 18.0. The lowest BCUT2D eigenvalue weighted by atomic mass is 10.3. The fraction of sp³-hybridized carbons (Fsp3) is 0.500. The maximum absolute atomic E-state index is 12.7. The van der Waals surface area contributed by atoms with Gasteiger partial charge >= 0.3 is 6.03 Å². The van der Waals surface area contributed by atoms with Crippen molar-refractivity contribution in [1.82, 2.24) is 5.32 Å². The molecule has 1 aliphatic rings. The number of anilines is 1. The van der Waals surface area contributed by atoms with E-state index in [0.29, 0.717) is 18.2 Å². The second-order valence-electron chi connectivity index (χ2n) is 4.98. The number of amides is 2. The highest BCUT2D eigenvalue weighted by Gasteiger charge is 2.21. The lowest BCUT2D eigenvalue weighted by Gasteiger charge is -2.13. The lowest BCUT2D eigenvalue weighted by Crippen LogP contribution is -2.37. The Morgan fingerprint density at radius 2 is 2.10 bits per heavy atom. The Labute approximate surface area is 117 Å². The monoisotopic (exact) mass is 282 g/mol. The van der Waals surface area contributed by atoms with Crippen molar-refractivity contribution in [2.45, 2.75) is 18.9 Å². The average Bonchev–Trinajstić information content (AvgIpc) is 3.23. The molecule has 1 atom stereocenters. The van der Waals surface area contributed by atoms with Crippen molar-refractivity contribution in [3.63, 3.8) is 0 Å². The molecule has 0 aliphatic heterocycles. The Bertz CT molecular complexity index is 435. The number of nitrogens with one attached hydrogen (secondary N) is 2. The second-order valence-corrected chi connectivity index (χ2v) is 4.98. The molecule has 1 aromatic carbocycles. The Morgan fingerprint density at radius 1 is 1.40 bits per heavy atom. The van der Waals surface area contributed by atoms with Crippen LogP contribution in [0.4, 0.5) is 14.9 Å². The zero-order valence-corrected chi connectivity index (χ0v) is 11.1. The first-order chi connectivity index (χ1) is 9.63. The van der Waals surface area contributed by atoms with Gasteiger partial charge in [0.25, 0.3) is 0 Å². The van der Waals surface area contributed by atoms with Crippen LogP contribution in [0.1, 0.15) is 12.8 Å². The molecule has 6 heteroatoms. The van der Waals surface area contributed by atoms with E-state index in [1.807, 2.05) is 0 Å². The van der Waals surface area contributed by atoms with E-state index in [2.05, 4.69) is 10.6 Å². The Balaban J connectivity index is 1.59. The molecule has 2 amide bonds. The van der Waals surface area contributed by atoms with Crippen molar-refractivity contribution in [2.75, 3.05) is 25.1 Å². The van der Waals surface area contributed by atoms with Crippen LogP contribution in [0.2, 0.25) is 0 Å². The summed E-state index contributed by atoms with van der Waals surface area (Å²) in [6.45, 7) is 1.00. The van der Waals surface area contributed by atoms with E-state index in [1.165, 1.54) is 37.1 Å². The first kappa shape index (κ1) is 14.7. The molecule has 2 rings (SSSR count). The number of hydrogen-bond donors (Lipinski definition) is 3. The van der Waals surface area contributed by atoms with Gasteiger partial charge in [0.2, 0.25) is 0 Å². The molecule has 0 heterocycles. The summed E-state index contributed by atoms with van der Waals surface area (Å²) in [6, 6.07) is 5.00. The van der Waals surface area contributed by atoms with Crippen LogP contribution >= 0.6 is 0 Å². The van der Waals surface area contributed by atoms with Crippen LogP contribution in [-0.4, -0.2) is 37.0 Å². The molecule has 0 radical (unpaired) electrons. The average molecular weight is 282 g/mol. The van der Waals surface area contributed by atoms with E-state index >= 15 is 0 Å². The highest BCUT2D eigenvalue weighted by atomic mass is 19.1. The standard InChI is InChI=1S/C14H19FN2O3/c15-11-3-5-12(6-4-11)17-14(19)16-7-13(18)9-20-8-10-1-2-10/h3-6,10,13,18H,1-2,7-9H2,(H2,16,17,19)/t13-/m1/s1. The minimum absolute atomic E-state index is 0.109. The van der Waals surface area contributed by atoms with Crippen LogP contribution in [-0.2, 0) is 4.74 Å². The van der Waals surface area contributed by atoms with Gasteiger partial charge in [-0.3, -0.25) is 0 Å². The molecule has 0 aromatic heterocycles. The molecule has 0 saturated heterocycles. The van der Waals surface area contributed by atoms with Gasteiger partial charge in [0.05, 0.1) is 12.7 Å². The smallest absolute Gasteiger partial charge is 0.319 e. The van der Waals surface area contributed by atoms with Gasteiger partial charge in [-0.05, 0) is 43.0 Å². The normalized spacial score (nSPS) is 15.7. The minimum atomic E-state index is -0.729. The molecular weight excluding hydrogens is 263 g/mol. The predicted octanol–water partition coefficient (Wildman–Crippen LogP) is 1.73. The van der Waals surface area contributed by atoms with Crippen LogP contribution in [0, 0.1) is 11.7 Å². The number of carbonyl (C=O) groups excluding carboxylic acids is 1. The number of rotatable bonds is 7. The number of ether oxygens (including phenoxy) is 1. The van der Waals surface area contributed by atoms with E-state index in [-0.39, 0.29) is 19.0 Å². The van der Waals surface area contributed by atoms with E-state index in [4.69, 9.17) is 4.74 Å². The van der Waals surface area contributed by atoms with Crippen LogP contribution in [0.3, 0.4) is 0 Å². The van der Waals surface area contributed by atoms with Gasteiger partial charge in [-0.25, -0.2) is 9.18 Å². The van der Waals surface area contributed by atoms with Crippen molar-refractivity contribution in [3.05, 3.63) is 30.1 Å². The first-order valence-electron chi connectivity index (χ1n) is 6.69. The highest BCUT2D eigenvalue weighted by Crippen LogP contribution is 2.28. The molecule has 5 nitrogen and oxygen atoms in total. The minimum Gasteiger partial charge on any atom is -0.389 e. The number of hydrogen-bond acceptors (Lipinski definition) is 3. The quantitative estimate of drug-likeness (QED) is 0.713. The number of aliphatic hydroxyl groups excluding tert-OH is 1. The summed E-state index contributed by atoms with van der Waals surface area (Å²) in [5, 5.41) is 14.7. The van der Waals surface area contributed by atoms with Crippen molar-refractivity contribution < 1.29 is 19.0 Å². The van der Waals surface area contributed by atoms with Crippen LogP contribution in [0.25, 0.3) is 0 Å². The number of urea groups is 1. The maximum atomic E-state index is 12.7. The van der Waals surface area contributed by atoms with E-state index < -0.39 is 12.1 Å². The summed E-state index contributed by atoms with van der Waals surface area (Å²) in [7, 11) is 0. The third-order valence-corrected chi connectivity index (χ3v) is 2.96. The van der Waals surface area contributed by atoms with E-state index in [0.717, 1.165) is 0 Å². The van der Waals surface area contributed by atoms with Crippen LogP contribution in [0.5, 0.6) is 0 Å². The SMILES string of the molecule is O=C(NC[C@@H](O)COCC1CC1)Nc1ccc(F)cc1. The van der Waals surface area contributed by atoms with Gasteiger partial charge in [-0.1, -0.05) is 0 Å². The van der Waals surface area contributed by atoms with Gasteiger partial charge in [-0.15, -0.1) is 0 Å². The third kappa shape index (κ3) is 5.54. The Morgan fingerprint density at radius 3 is 2.75 bits per heavy atom. The second kappa shape index (κ2) is 7.21. The lowest BCUT2D eigenvalue weighted by molar-refractivity contribution is 0.0339. The Hall–Kier alpha value is -1.66. The van der Waals surface area contributed by atoms with Crippen LogP contribution < -0.4 is 10.6 Å². The summed E-state index contributed by atoms with van der Waals surface area (Å²) in [5.74, 6) is 0.288. The molecule has 1 saturated carbocycles. The van der Waals surface area contributed by atoms with Gasteiger partial charge in [0, 0.05) is 18.8 Å². The molecule has 0 bridgehead atoms. The zero-order chi connectivity index (χ0) is 14.4. The number of carbonyl (C=O) groups is 1. The highest BCUT2D eigenvalue weighted by molar-refractivity contribution is 5.89. The van der Waals surface area contributed by atoms with Gasteiger partial charge < -0.3 is 20.5 Å². The first-order valence-corrected chi connectivity index (χ1v) is 6.69. The fourth-order valence-electron chi connectivity index (χ4n) is 1.63. The molecule has 0 unspecified atom stereocenters. The summed E-state index contributed by atoms with van der Waals surface area (Å²) in [4.78, 5) is 11.5. The molecule has 20 heavy (non-hydrogen) atoms. The summed E-state index contributed by atoms with van der Waals surface area (Å²) in [6.07, 6.45) is 1.68. The van der Waals surface area contributed by atoms with Gasteiger partial charge in [0.15, 0.2) is 0 Å². The Kier molecular flexibility index (Phi) is 5.31. The topological polar surface area (TPSA) is 70.6 Å². The predicted molar refractivity (Wildman–Crippen MR) is 73.0 cm³/mol. The third-order valence-electron chi connectivity index (χ3n) is 2.96.